The predicted molar refractivity (Wildman–Crippen MR) is 106 cm³/mol. The van der Waals surface area contributed by atoms with Gasteiger partial charge in [0, 0.05) is 5.56 Å². The van der Waals surface area contributed by atoms with Crippen molar-refractivity contribution in [2.45, 2.75) is 6.92 Å². The average Bonchev–Trinajstić information content (AvgIpc) is 2.64. The van der Waals surface area contributed by atoms with Crippen LogP contribution in [0, 0.1) is 9.39 Å². The van der Waals surface area contributed by atoms with E-state index < -0.39 is 17.6 Å². The molecule has 9 heteroatoms. The van der Waals surface area contributed by atoms with Gasteiger partial charge in [0.2, 0.25) is 0 Å². The molecule has 0 atom stereocenters. The number of aromatic hydroxyl groups is 1. The van der Waals surface area contributed by atoms with Crippen molar-refractivity contribution >= 4 is 40.6 Å². The Balaban J connectivity index is 1.89. The third-order valence-electron chi connectivity index (χ3n) is 3.25. The molecule has 0 aliphatic rings. The van der Waals surface area contributed by atoms with Crippen molar-refractivity contribution < 1.29 is 23.8 Å². The SMILES string of the molecule is CCOc1cc(C=NNC(=O)CNC(=O)c2cccc(F)c2)cc(I)c1O. The highest BCUT2D eigenvalue weighted by molar-refractivity contribution is 14.1. The number of phenols is 1. The Bertz CT molecular complexity index is 874. The van der Waals surface area contributed by atoms with E-state index in [2.05, 4.69) is 15.8 Å². The van der Waals surface area contributed by atoms with Gasteiger partial charge in [0.25, 0.3) is 11.8 Å². The minimum Gasteiger partial charge on any atom is -0.504 e. The molecule has 0 heterocycles. The normalized spacial score (nSPS) is 10.6. The van der Waals surface area contributed by atoms with Gasteiger partial charge < -0.3 is 15.2 Å². The molecule has 0 radical (unpaired) electrons. The molecule has 2 amide bonds. The molecule has 0 fully saturated rings. The van der Waals surface area contributed by atoms with Crippen LogP contribution in [0.25, 0.3) is 0 Å². The summed E-state index contributed by atoms with van der Waals surface area (Å²) < 4.78 is 19.0. The molecule has 142 valence electrons. The number of hydrazone groups is 1. The lowest BCUT2D eigenvalue weighted by molar-refractivity contribution is -0.120. The Morgan fingerprint density at radius 1 is 1.33 bits per heavy atom. The number of benzene rings is 2. The zero-order chi connectivity index (χ0) is 19.8. The fraction of sp³-hybridized carbons (Fsp3) is 0.167. The number of hydrogen-bond acceptors (Lipinski definition) is 5. The minimum absolute atomic E-state index is 0.0405. The second-order valence-corrected chi connectivity index (χ2v) is 6.43. The summed E-state index contributed by atoms with van der Waals surface area (Å²) in [6.45, 7) is 1.88. The van der Waals surface area contributed by atoms with E-state index in [4.69, 9.17) is 4.74 Å². The van der Waals surface area contributed by atoms with Gasteiger partial charge in [-0.15, -0.1) is 0 Å². The first kappa shape index (κ1) is 20.6. The van der Waals surface area contributed by atoms with Crippen molar-refractivity contribution in [1.82, 2.24) is 10.7 Å². The standard InChI is InChI=1S/C18H17FIN3O4/c1-2-27-15-7-11(6-14(20)17(15)25)9-22-23-16(24)10-21-18(26)12-4-3-5-13(19)8-12/h3-9,25H,2,10H2,1H3,(H,21,26)(H,23,24). The molecule has 2 rings (SSSR count). The molecule has 0 spiro atoms. The molecule has 0 saturated heterocycles. The summed E-state index contributed by atoms with van der Waals surface area (Å²) in [4.78, 5) is 23.6. The van der Waals surface area contributed by atoms with Crippen LogP contribution in [0.5, 0.6) is 11.5 Å². The Hall–Kier alpha value is -2.69. The molecular weight excluding hydrogens is 468 g/mol. The number of phenolic OH excluding ortho intramolecular Hbond substituents is 1. The van der Waals surface area contributed by atoms with Crippen LogP contribution in [-0.2, 0) is 4.79 Å². The zero-order valence-corrected chi connectivity index (χ0v) is 16.5. The van der Waals surface area contributed by atoms with E-state index in [9.17, 15) is 19.1 Å². The van der Waals surface area contributed by atoms with Gasteiger partial charge in [-0.2, -0.15) is 5.10 Å². The third-order valence-corrected chi connectivity index (χ3v) is 4.07. The van der Waals surface area contributed by atoms with Crippen LogP contribution in [-0.4, -0.2) is 36.3 Å². The van der Waals surface area contributed by atoms with E-state index in [0.29, 0.717) is 21.5 Å². The number of carbonyl (C=O) groups is 2. The third kappa shape index (κ3) is 6.20. The molecule has 0 bridgehead atoms. The largest absolute Gasteiger partial charge is 0.504 e. The lowest BCUT2D eigenvalue weighted by Crippen LogP contribution is -2.34. The van der Waals surface area contributed by atoms with E-state index in [1.807, 2.05) is 22.6 Å². The Kier molecular flexibility index (Phi) is 7.53. The summed E-state index contributed by atoms with van der Waals surface area (Å²) in [6.07, 6.45) is 1.39. The predicted octanol–water partition coefficient (Wildman–Crippen LogP) is 2.41. The molecule has 0 aliphatic carbocycles. The van der Waals surface area contributed by atoms with E-state index in [-0.39, 0.29) is 17.9 Å². The first-order valence-electron chi connectivity index (χ1n) is 7.91. The molecule has 2 aromatic carbocycles. The number of carbonyl (C=O) groups excluding carboxylic acids is 2. The van der Waals surface area contributed by atoms with Crippen molar-refractivity contribution in [3.63, 3.8) is 0 Å². The lowest BCUT2D eigenvalue weighted by atomic mass is 10.2. The van der Waals surface area contributed by atoms with Gasteiger partial charge in [-0.3, -0.25) is 9.59 Å². The summed E-state index contributed by atoms with van der Waals surface area (Å²) in [7, 11) is 0. The van der Waals surface area contributed by atoms with Crippen molar-refractivity contribution in [3.8, 4) is 11.5 Å². The van der Waals surface area contributed by atoms with Gasteiger partial charge in [-0.1, -0.05) is 6.07 Å². The fourth-order valence-electron chi connectivity index (χ4n) is 2.04. The highest BCUT2D eigenvalue weighted by Gasteiger charge is 2.09. The van der Waals surface area contributed by atoms with Crippen molar-refractivity contribution in [2.75, 3.05) is 13.2 Å². The van der Waals surface area contributed by atoms with Gasteiger partial charge in [0.05, 0.1) is 22.9 Å². The van der Waals surface area contributed by atoms with E-state index in [0.717, 1.165) is 6.07 Å². The second-order valence-electron chi connectivity index (χ2n) is 5.27. The summed E-state index contributed by atoms with van der Waals surface area (Å²) in [5.41, 5.74) is 3.01. The van der Waals surface area contributed by atoms with Gasteiger partial charge in [0.15, 0.2) is 11.5 Å². The first-order chi connectivity index (χ1) is 12.9. The van der Waals surface area contributed by atoms with E-state index in [1.165, 1.54) is 24.4 Å². The molecule has 2 aromatic rings. The average molecular weight is 485 g/mol. The summed E-state index contributed by atoms with van der Waals surface area (Å²) in [5.74, 6) is -1.29. The number of hydrogen-bond donors (Lipinski definition) is 3. The zero-order valence-electron chi connectivity index (χ0n) is 14.3. The maximum atomic E-state index is 13.1. The summed E-state index contributed by atoms with van der Waals surface area (Å²) in [5, 5.41) is 16.1. The molecule has 0 unspecified atom stereocenters. The first-order valence-corrected chi connectivity index (χ1v) is 8.99. The monoisotopic (exact) mass is 485 g/mol. The van der Waals surface area contributed by atoms with E-state index >= 15 is 0 Å². The lowest BCUT2D eigenvalue weighted by Gasteiger charge is -2.08. The summed E-state index contributed by atoms with van der Waals surface area (Å²) >= 11 is 1.96. The topological polar surface area (TPSA) is 100 Å². The molecule has 27 heavy (non-hydrogen) atoms. The molecule has 0 aromatic heterocycles. The highest BCUT2D eigenvalue weighted by atomic mass is 127. The Morgan fingerprint density at radius 2 is 2.11 bits per heavy atom. The number of nitrogens with zero attached hydrogens (tertiary/aromatic N) is 1. The number of rotatable bonds is 7. The van der Waals surface area contributed by atoms with Crippen LogP contribution in [0.4, 0.5) is 4.39 Å². The second kappa shape index (κ2) is 9.86. The minimum atomic E-state index is -0.567. The van der Waals surface area contributed by atoms with Crippen LogP contribution in [0.1, 0.15) is 22.8 Å². The molecule has 7 nitrogen and oxygen atoms in total. The molecular formula is C18H17FIN3O4. The maximum absolute atomic E-state index is 13.1. The Labute approximate surface area is 168 Å². The molecule has 0 aliphatic heterocycles. The number of nitrogens with one attached hydrogen (secondary N) is 2. The number of amides is 2. The molecule has 0 saturated carbocycles. The summed E-state index contributed by atoms with van der Waals surface area (Å²) in [6, 6.07) is 8.40. The molecule has 3 N–H and O–H groups in total. The quantitative estimate of drug-likeness (QED) is 0.319. The van der Waals surface area contributed by atoms with Crippen LogP contribution >= 0.6 is 22.6 Å². The smallest absolute Gasteiger partial charge is 0.259 e. The van der Waals surface area contributed by atoms with Crippen LogP contribution in [0.15, 0.2) is 41.5 Å². The van der Waals surface area contributed by atoms with Gasteiger partial charge in [0.1, 0.15) is 5.82 Å². The van der Waals surface area contributed by atoms with Crippen molar-refractivity contribution in [2.24, 2.45) is 5.10 Å². The van der Waals surface area contributed by atoms with E-state index in [1.54, 1.807) is 19.1 Å². The van der Waals surface area contributed by atoms with Crippen LogP contribution < -0.4 is 15.5 Å². The van der Waals surface area contributed by atoms with Gasteiger partial charge in [-0.05, 0) is 65.4 Å². The number of ether oxygens (including phenoxy) is 1. The Morgan fingerprint density at radius 3 is 2.81 bits per heavy atom. The van der Waals surface area contributed by atoms with Gasteiger partial charge in [-0.25, -0.2) is 9.82 Å². The fourth-order valence-corrected chi connectivity index (χ4v) is 2.67. The highest BCUT2D eigenvalue weighted by Crippen LogP contribution is 2.32. The van der Waals surface area contributed by atoms with Crippen molar-refractivity contribution in [1.29, 1.82) is 0 Å². The van der Waals surface area contributed by atoms with Crippen LogP contribution in [0.3, 0.4) is 0 Å². The van der Waals surface area contributed by atoms with Gasteiger partial charge >= 0.3 is 0 Å². The van der Waals surface area contributed by atoms with Crippen LogP contribution in [0.2, 0.25) is 0 Å². The number of halogens is 2. The van der Waals surface area contributed by atoms with Crippen molar-refractivity contribution in [3.05, 3.63) is 56.9 Å². The maximum Gasteiger partial charge on any atom is 0.259 e.